The van der Waals surface area contributed by atoms with Crippen molar-refractivity contribution in [2.24, 2.45) is 11.8 Å². The number of hydrogen-bond acceptors (Lipinski definition) is 3. The molecule has 3 N–H and O–H groups in total. The summed E-state index contributed by atoms with van der Waals surface area (Å²) in [5.41, 5.74) is 2.24. The van der Waals surface area contributed by atoms with Crippen LogP contribution < -0.4 is 10.6 Å². The highest BCUT2D eigenvalue weighted by atomic mass is 16.3. The van der Waals surface area contributed by atoms with Gasteiger partial charge in [0, 0.05) is 12.6 Å². The van der Waals surface area contributed by atoms with Gasteiger partial charge >= 0.3 is 0 Å². The van der Waals surface area contributed by atoms with E-state index in [-0.39, 0.29) is 23.7 Å². The Hall–Kier alpha value is -1.55. The lowest BCUT2D eigenvalue weighted by Crippen LogP contribution is -2.52. The molecule has 0 unspecified atom stereocenters. The summed E-state index contributed by atoms with van der Waals surface area (Å²) in [6.45, 7) is 5.02. The molecule has 0 spiro atoms. The number of phenols is 1. The van der Waals surface area contributed by atoms with Crippen LogP contribution in [0, 0.1) is 11.8 Å². The maximum atomic E-state index is 12.7. The Morgan fingerprint density at radius 2 is 2.13 bits per heavy atom. The third kappa shape index (κ3) is 3.86. The van der Waals surface area contributed by atoms with Crippen LogP contribution in [0.4, 0.5) is 0 Å². The van der Waals surface area contributed by atoms with E-state index < -0.39 is 0 Å². The summed E-state index contributed by atoms with van der Waals surface area (Å²) in [7, 11) is 0. The van der Waals surface area contributed by atoms with Gasteiger partial charge in [-0.1, -0.05) is 39.2 Å². The van der Waals surface area contributed by atoms with E-state index in [4.69, 9.17) is 0 Å². The monoisotopic (exact) mass is 316 g/mol. The molecule has 2 atom stereocenters. The lowest BCUT2D eigenvalue weighted by Gasteiger charge is -2.33. The van der Waals surface area contributed by atoms with Crippen LogP contribution in [-0.2, 0) is 17.8 Å². The van der Waals surface area contributed by atoms with E-state index in [1.807, 2.05) is 6.07 Å². The molecule has 2 aliphatic rings. The minimum atomic E-state index is -0.172. The SMILES string of the molecule is CC(C)[C@@H](CC1CCC1)NC(=O)[C@H]1Cc2ccc(O)cc2CN1. The number of fused-ring (bicyclic) bond motifs is 1. The van der Waals surface area contributed by atoms with Gasteiger partial charge in [-0.05, 0) is 47.9 Å². The molecule has 23 heavy (non-hydrogen) atoms. The molecule has 0 radical (unpaired) electrons. The number of nitrogens with one attached hydrogen (secondary N) is 2. The molecule has 1 amide bonds. The second-order valence-electron chi connectivity index (χ2n) is 7.48. The van der Waals surface area contributed by atoms with Crippen molar-refractivity contribution in [3.8, 4) is 5.75 Å². The number of aromatic hydroxyl groups is 1. The van der Waals surface area contributed by atoms with Crippen LogP contribution in [0.15, 0.2) is 18.2 Å². The molecule has 0 aromatic heterocycles. The van der Waals surface area contributed by atoms with E-state index in [0.717, 1.165) is 23.5 Å². The van der Waals surface area contributed by atoms with Crippen LogP contribution in [0.2, 0.25) is 0 Å². The third-order valence-corrected chi connectivity index (χ3v) is 5.41. The van der Waals surface area contributed by atoms with E-state index >= 15 is 0 Å². The number of rotatable bonds is 5. The number of carbonyl (C=O) groups excluding carboxylic acids is 1. The van der Waals surface area contributed by atoms with Crippen molar-refractivity contribution in [2.45, 2.75) is 64.6 Å². The van der Waals surface area contributed by atoms with E-state index in [1.165, 1.54) is 19.3 Å². The van der Waals surface area contributed by atoms with Crippen LogP contribution in [0.3, 0.4) is 0 Å². The Morgan fingerprint density at radius 1 is 1.35 bits per heavy atom. The Bertz CT molecular complexity index is 566. The van der Waals surface area contributed by atoms with Gasteiger partial charge in [0.15, 0.2) is 0 Å². The summed E-state index contributed by atoms with van der Waals surface area (Å²) in [4.78, 5) is 12.7. The molecule has 0 bridgehead atoms. The minimum absolute atomic E-state index is 0.113. The first-order valence-corrected chi connectivity index (χ1v) is 8.87. The Morgan fingerprint density at radius 3 is 2.78 bits per heavy atom. The summed E-state index contributed by atoms with van der Waals surface area (Å²) in [5, 5.41) is 16.1. The molecule has 1 aromatic carbocycles. The quantitative estimate of drug-likeness (QED) is 0.783. The van der Waals surface area contributed by atoms with Crippen molar-refractivity contribution < 1.29 is 9.90 Å². The van der Waals surface area contributed by atoms with E-state index in [2.05, 4.69) is 24.5 Å². The van der Waals surface area contributed by atoms with Gasteiger partial charge in [-0.15, -0.1) is 0 Å². The van der Waals surface area contributed by atoms with Gasteiger partial charge in [0.1, 0.15) is 5.75 Å². The first kappa shape index (κ1) is 16.3. The molecular formula is C19H28N2O2. The van der Waals surface area contributed by atoms with Crippen molar-refractivity contribution >= 4 is 5.91 Å². The van der Waals surface area contributed by atoms with E-state index in [9.17, 15) is 9.90 Å². The molecule has 1 saturated carbocycles. The fourth-order valence-corrected chi connectivity index (χ4v) is 3.56. The summed E-state index contributed by atoms with van der Waals surface area (Å²) < 4.78 is 0. The third-order valence-electron chi connectivity index (χ3n) is 5.41. The van der Waals surface area contributed by atoms with Crippen molar-refractivity contribution in [2.75, 3.05) is 0 Å². The van der Waals surface area contributed by atoms with Crippen LogP contribution in [-0.4, -0.2) is 23.1 Å². The molecule has 1 aromatic rings. The number of hydrogen-bond donors (Lipinski definition) is 3. The van der Waals surface area contributed by atoms with Crippen molar-refractivity contribution in [3.63, 3.8) is 0 Å². The highest BCUT2D eigenvalue weighted by Gasteiger charge is 2.29. The first-order valence-electron chi connectivity index (χ1n) is 8.87. The van der Waals surface area contributed by atoms with Crippen LogP contribution in [0.25, 0.3) is 0 Å². The van der Waals surface area contributed by atoms with Gasteiger partial charge in [0.2, 0.25) is 5.91 Å². The summed E-state index contributed by atoms with van der Waals surface area (Å²) in [6.07, 6.45) is 5.78. The molecule has 0 saturated heterocycles. The van der Waals surface area contributed by atoms with E-state index in [0.29, 0.717) is 18.9 Å². The zero-order valence-corrected chi connectivity index (χ0v) is 14.1. The first-order chi connectivity index (χ1) is 11.0. The molecule has 3 rings (SSSR count). The maximum Gasteiger partial charge on any atom is 0.237 e. The van der Waals surface area contributed by atoms with Gasteiger partial charge in [-0.25, -0.2) is 0 Å². The predicted molar refractivity (Wildman–Crippen MR) is 91.2 cm³/mol. The lowest BCUT2D eigenvalue weighted by atomic mass is 9.79. The largest absolute Gasteiger partial charge is 0.508 e. The fraction of sp³-hybridized carbons (Fsp3) is 0.632. The Kier molecular flexibility index (Phi) is 4.90. The number of benzene rings is 1. The number of carbonyl (C=O) groups is 1. The van der Waals surface area contributed by atoms with Gasteiger partial charge in [-0.3, -0.25) is 4.79 Å². The maximum absolute atomic E-state index is 12.7. The zero-order chi connectivity index (χ0) is 16.4. The fourth-order valence-electron chi connectivity index (χ4n) is 3.56. The van der Waals surface area contributed by atoms with Crippen LogP contribution in [0.1, 0.15) is 50.7 Å². The van der Waals surface area contributed by atoms with Crippen molar-refractivity contribution in [1.29, 1.82) is 0 Å². The minimum Gasteiger partial charge on any atom is -0.508 e. The zero-order valence-electron chi connectivity index (χ0n) is 14.1. The smallest absolute Gasteiger partial charge is 0.237 e. The summed E-state index contributed by atoms with van der Waals surface area (Å²) in [5.74, 6) is 1.66. The van der Waals surface area contributed by atoms with Crippen LogP contribution >= 0.6 is 0 Å². The second kappa shape index (κ2) is 6.91. The standard InChI is InChI=1S/C19H28N2O2/c1-12(2)17(8-13-4-3-5-13)21-19(23)18-10-14-6-7-16(22)9-15(14)11-20-18/h6-7,9,12-13,17-18,20,22H,3-5,8,10-11H2,1-2H3,(H,21,23)/t17-,18-/m1/s1. The predicted octanol–water partition coefficient (Wildman–Crippen LogP) is 2.74. The molecule has 4 nitrogen and oxygen atoms in total. The van der Waals surface area contributed by atoms with Crippen molar-refractivity contribution in [1.82, 2.24) is 10.6 Å². The molecule has 1 heterocycles. The second-order valence-corrected chi connectivity index (χ2v) is 7.48. The Balaban J connectivity index is 1.60. The van der Waals surface area contributed by atoms with Crippen molar-refractivity contribution in [3.05, 3.63) is 29.3 Å². The van der Waals surface area contributed by atoms with Gasteiger partial charge in [0.05, 0.1) is 6.04 Å². The summed E-state index contributed by atoms with van der Waals surface area (Å²) in [6, 6.07) is 5.52. The van der Waals surface area contributed by atoms with Gasteiger partial charge in [-0.2, -0.15) is 0 Å². The lowest BCUT2D eigenvalue weighted by molar-refractivity contribution is -0.124. The molecule has 1 aliphatic carbocycles. The highest BCUT2D eigenvalue weighted by Crippen LogP contribution is 2.32. The topological polar surface area (TPSA) is 61.4 Å². The average Bonchev–Trinajstić information content (AvgIpc) is 2.48. The highest BCUT2D eigenvalue weighted by molar-refractivity contribution is 5.82. The number of phenolic OH excluding ortho intramolecular Hbond substituents is 1. The molecule has 4 heteroatoms. The van der Waals surface area contributed by atoms with Gasteiger partial charge < -0.3 is 15.7 Å². The van der Waals surface area contributed by atoms with Crippen LogP contribution in [0.5, 0.6) is 5.75 Å². The Labute approximate surface area is 138 Å². The molecule has 126 valence electrons. The molecule has 1 fully saturated rings. The normalized spacial score (nSPS) is 22.3. The molecular weight excluding hydrogens is 288 g/mol. The summed E-state index contributed by atoms with van der Waals surface area (Å²) >= 11 is 0. The van der Waals surface area contributed by atoms with Gasteiger partial charge in [0.25, 0.3) is 0 Å². The molecule has 1 aliphatic heterocycles. The van der Waals surface area contributed by atoms with E-state index in [1.54, 1.807) is 12.1 Å². The number of amides is 1. The average molecular weight is 316 g/mol.